The minimum absolute atomic E-state index is 0.426. The van der Waals surface area contributed by atoms with Gasteiger partial charge in [-0.1, -0.05) is 24.3 Å². The third kappa shape index (κ3) is 2.50. The molecule has 0 atom stereocenters. The third-order valence-electron chi connectivity index (χ3n) is 3.89. The largest absolute Gasteiger partial charge is 0.361 e. The average Bonchev–Trinajstić information content (AvgIpc) is 2.91. The molecule has 5 nitrogen and oxygen atoms in total. The van der Waals surface area contributed by atoms with E-state index in [1.807, 2.05) is 30.5 Å². The normalized spacial score (nSPS) is 17.4. The van der Waals surface area contributed by atoms with Gasteiger partial charge in [0.05, 0.1) is 0 Å². The van der Waals surface area contributed by atoms with Crippen molar-refractivity contribution in [1.29, 1.82) is 0 Å². The van der Waals surface area contributed by atoms with Crippen molar-refractivity contribution in [3.63, 3.8) is 0 Å². The number of hydrogen-bond donors (Lipinski definition) is 1. The molecule has 0 spiro atoms. The Labute approximate surface area is 125 Å². The van der Waals surface area contributed by atoms with Gasteiger partial charge in [0.2, 0.25) is 0 Å². The van der Waals surface area contributed by atoms with Crippen LogP contribution in [0.15, 0.2) is 36.5 Å². The van der Waals surface area contributed by atoms with E-state index in [9.17, 15) is 8.42 Å². The van der Waals surface area contributed by atoms with Crippen LogP contribution in [-0.2, 0) is 10.2 Å². The van der Waals surface area contributed by atoms with E-state index in [2.05, 4.69) is 11.1 Å². The first-order valence-electron chi connectivity index (χ1n) is 6.93. The first-order valence-corrected chi connectivity index (χ1v) is 8.33. The number of nitrogens with zero attached hydrogens (tertiary/aromatic N) is 2. The molecular formula is C15H19N3O2S. The van der Waals surface area contributed by atoms with Crippen molar-refractivity contribution in [2.75, 3.05) is 27.2 Å². The molecule has 3 rings (SSSR count). The average molecular weight is 305 g/mol. The van der Waals surface area contributed by atoms with Crippen LogP contribution < -0.4 is 0 Å². The zero-order chi connectivity index (χ0) is 15.0. The highest BCUT2D eigenvalue weighted by molar-refractivity contribution is 7.86. The van der Waals surface area contributed by atoms with Gasteiger partial charge in [0.15, 0.2) is 0 Å². The molecule has 0 aliphatic carbocycles. The van der Waals surface area contributed by atoms with Gasteiger partial charge in [-0.3, -0.25) is 0 Å². The summed E-state index contributed by atoms with van der Waals surface area (Å²) < 4.78 is 27.0. The van der Waals surface area contributed by atoms with Gasteiger partial charge in [0.1, 0.15) is 0 Å². The number of nitrogens with one attached hydrogen (secondary N) is 1. The molecule has 0 saturated heterocycles. The molecule has 21 heavy (non-hydrogen) atoms. The Bertz CT molecular complexity index is 790. The molecule has 0 saturated carbocycles. The molecule has 1 aromatic heterocycles. The Morgan fingerprint density at radius 1 is 1.24 bits per heavy atom. The second kappa shape index (κ2) is 5.29. The predicted octanol–water partition coefficient (Wildman–Crippen LogP) is 2.06. The van der Waals surface area contributed by atoms with E-state index < -0.39 is 10.2 Å². The summed E-state index contributed by atoms with van der Waals surface area (Å²) in [7, 11) is -0.193. The molecule has 0 amide bonds. The highest BCUT2D eigenvalue weighted by atomic mass is 32.2. The van der Waals surface area contributed by atoms with Crippen LogP contribution in [-0.4, -0.2) is 49.2 Å². The monoisotopic (exact) mass is 305 g/mol. The highest BCUT2D eigenvalue weighted by Gasteiger charge is 2.26. The van der Waals surface area contributed by atoms with Gasteiger partial charge < -0.3 is 4.98 Å². The number of H-pyrrole nitrogens is 1. The topological polar surface area (TPSA) is 56.4 Å². The Morgan fingerprint density at radius 2 is 2.00 bits per heavy atom. The molecule has 2 heterocycles. The fraction of sp³-hybridized carbons (Fsp3) is 0.333. The van der Waals surface area contributed by atoms with Crippen molar-refractivity contribution >= 4 is 26.7 Å². The van der Waals surface area contributed by atoms with Crippen molar-refractivity contribution in [3.8, 4) is 0 Å². The first kappa shape index (κ1) is 14.3. The lowest BCUT2D eigenvalue weighted by Crippen LogP contribution is -2.42. The minimum Gasteiger partial charge on any atom is -0.361 e. The first-order chi connectivity index (χ1) is 10.00. The van der Waals surface area contributed by atoms with Crippen LogP contribution in [0.25, 0.3) is 16.5 Å². The van der Waals surface area contributed by atoms with Gasteiger partial charge in [0.25, 0.3) is 10.2 Å². The number of aromatic nitrogens is 1. The third-order valence-corrected chi connectivity index (χ3v) is 5.80. The summed E-state index contributed by atoms with van der Waals surface area (Å²) in [5, 5.41) is 1.19. The van der Waals surface area contributed by atoms with Gasteiger partial charge >= 0.3 is 0 Å². The maximum absolute atomic E-state index is 12.1. The molecule has 6 heteroatoms. The minimum atomic E-state index is -3.32. The molecule has 2 aromatic rings. The second-order valence-electron chi connectivity index (χ2n) is 5.38. The number of benzene rings is 1. The molecular weight excluding hydrogens is 286 g/mol. The van der Waals surface area contributed by atoms with Crippen LogP contribution in [0, 0.1) is 0 Å². The summed E-state index contributed by atoms with van der Waals surface area (Å²) in [4.78, 5) is 3.26. The van der Waals surface area contributed by atoms with E-state index in [1.165, 1.54) is 25.1 Å². The Morgan fingerprint density at radius 3 is 2.67 bits per heavy atom. The summed E-state index contributed by atoms with van der Waals surface area (Å²) >= 11 is 0. The van der Waals surface area contributed by atoms with Crippen LogP contribution in [0.5, 0.6) is 0 Å². The van der Waals surface area contributed by atoms with Crippen molar-refractivity contribution in [3.05, 3.63) is 42.1 Å². The molecule has 1 N–H and O–H groups in total. The number of para-hydroxylation sites is 1. The lowest BCUT2D eigenvalue weighted by molar-refractivity contribution is 0.397. The van der Waals surface area contributed by atoms with E-state index >= 15 is 0 Å². The molecule has 1 aliphatic heterocycles. The van der Waals surface area contributed by atoms with E-state index in [0.717, 1.165) is 11.9 Å². The molecule has 112 valence electrons. The van der Waals surface area contributed by atoms with Crippen LogP contribution in [0.4, 0.5) is 0 Å². The van der Waals surface area contributed by atoms with E-state index in [1.54, 1.807) is 14.1 Å². The number of fused-ring (bicyclic) bond motifs is 1. The maximum atomic E-state index is 12.1. The molecule has 0 radical (unpaired) electrons. The zero-order valence-corrected chi connectivity index (χ0v) is 13.0. The quantitative estimate of drug-likeness (QED) is 0.943. The van der Waals surface area contributed by atoms with Crippen molar-refractivity contribution < 1.29 is 8.42 Å². The van der Waals surface area contributed by atoms with Crippen molar-refractivity contribution in [2.45, 2.75) is 6.42 Å². The molecule has 1 aliphatic rings. The predicted molar refractivity (Wildman–Crippen MR) is 85.1 cm³/mol. The molecule has 0 bridgehead atoms. The van der Waals surface area contributed by atoms with Crippen molar-refractivity contribution in [1.82, 2.24) is 13.6 Å². The standard InChI is InChI=1S/C15H19N3O2S/c1-17(2)21(19,20)18-9-7-12(8-10-18)14-11-16-15-6-4-3-5-13(14)15/h3-7,11,16H,8-10H2,1-2H3. The van der Waals surface area contributed by atoms with E-state index in [4.69, 9.17) is 0 Å². The van der Waals surface area contributed by atoms with Gasteiger partial charge in [-0.05, 0) is 18.1 Å². The molecule has 0 fully saturated rings. The summed E-state index contributed by atoms with van der Waals surface area (Å²) in [6.45, 7) is 0.946. The van der Waals surface area contributed by atoms with Crippen LogP contribution in [0.2, 0.25) is 0 Å². The molecule has 0 unspecified atom stereocenters. The lowest BCUT2D eigenvalue weighted by Gasteiger charge is -2.28. The van der Waals surface area contributed by atoms with E-state index in [-0.39, 0.29) is 0 Å². The SMILES string of the molecule is CN(C)S(=O)(=O)N1CC=C(c2c[nH]c3ccccc23)CC1. The van der Waals surface area contributed by atoms with Crippen LogP contribution >= 0.6 is 0 Å². The fourth-order valence-electron chi connectivity index (χ4n) is 2.67. The highest BCUT2D eigenvalue weighted by Crippen LogP contribution is 2.29. The Hall–Kier alpha value is -1.63. The van der Waals surface area contributed by atoms with E-state index in [0.29, 0.717) is 13.1 Å². The summed E-state index contributed by atoms with van der Waals surface area (Å²) in [5.41, 5.74) is 3.49. The van der Waals surface area contributed by atoms with Crippen molar-refractivity contribution in [2.24, 2.45) is 0 Å². The maximum Gasteiger partial charge on any atom is 0.281 e. The summed E-state index contributed by atoms with van der Waals surface area (Å²) in [6.07, 6.45) is 4.75. The zero-order valence-electron chi connectivity index (χ0n) is 12.2. The van der Waals surface area contributed by atoms with Gasteiger partial charge in [-0.15, -0.1) is 0 Å². The second-order valence-corrected chi connectivity index (χ2v) is 7.52. The van der Waals surface area contributed by atoms with Crippen LogP contribution in [0.1, 0.15) is 12.0 Å². The Balaban J connectivity index is 1.89. The number of hydrogen-bond acceptors (Lipinski definition) is 2. The lowest BCUT2D eigenvalue weighted by atomic mass is 10.00. The smallest absolute Gasteiger partial charge is 0.281 e. The van der Waals surface area contributed by atoms with Gasteiger partial charge in [0, 0.05) is 49.8 Å². The Kier molecular flexibility index (Phi) is 3.61. The van der Waals surface area contributed by atoms with Gasteiger partial charge in [-0.2, -0.15) is 17.0 Å². The van der Waals surface area contributed by atoms with Gasteiger partial charge in [-0.25, -0.2) is 0 Å². The molecule has 1 aromatic carbocycles. The fourth-order valence-corrected chi connectivity index (χ4v) is 3.72. The number of rotatable bonds is 3. The summed E-state index contributed by atoms with van der Waals surface area (Å²) in [6, 6.07) is 8.16. The van der Waals surface area contributed by atoms with Crippen LogP contribution in [0.3, 0.4) is 0 Å². The number of aromatic amines is 1. The summed E-state index contributed by atoms with van der Waals surface area (Å²) in [5.74, 6) is 0.